The van der Waals surface area contributed by atoms with Gasteiger partial charge in [-0.1, -0.05) is 30.3 Å². The van der Waals surface area contributed by atoms with Crippen molar-refractivity contribution in [2.24, 2.45) is 5.92 Å². The third kappa shape index (κ3) is 4.18. The molecule has 1 saturated heterocycles. The minimum absolute atomic E-state index is 0.322. The molecule has 0 unspecified atom stereocenters. The quantitative estimate of drug-likeness (QED) is 0.887. The van der Waals surface area contributed by atoms with Gasteiger partial charge in [0, 0.05) is 19.3 Å². The van der Waals surface area contributed by atoms with Gasteiger partial charge in [0.1, 0.15) is 5.82 Å². The van der Waals surface area contributed by atoms with Gasteiger partial charge in [0.2, 0.25) is 5.95 Å². The number of piperidine rings is 1. The minimum Gasteiger partial charge on any atom is -0.370 e. The molecule has 0 amide bonds. The Balaban J connectivity index is 1.42. The van der Waals surface area contributed by atoms with Crippen LogP contribution < -0.4 is 11.1 Å². The molecule has 2 heterocycles. The van der Waals surface area contributed by atoms with Crippen LogP contribution in [0.15, 0.2) is 42.6 Å². The molecular weight excluding hydrogens is 274 g/mol. The lowest BCUT2D eigenvalue weighted by Crippen LogP contribution is -2.35. The second-order valence-corrected chi connectivity index (χ2v) is 5.89. The second-order valence-electron chi connectivity index (χ2n) is 5.89. The maximum Gasteiger partial charge on any atom is 0.221 e. The Morgan fingerprint density at radius 2 is 1.91 bits per heavy atom. The van der Waals surface area contributed by atoms with Gasteiger partial charge in [-0.05, 0) is 43.5 Å². The maximum absolute atomic E-state index is 5.59. The van der Waals surface area contributed by atoms with Crippen molar-refractivity contribution in [3.05, 3.63) is 48.2 Å². The van der Waals surface area contributed by atoms with Crippen LogP contribution >= 0.6 is 0 Å². The van der Waals surface area contributed by atoms with Gasteiger partial charge in [-0.25, -0.2) is 4.98 Å². The molecule has 3 rings (SSSR count). The van der Waals surface area contributed by atoms with Crippen LogP contribution in [0.3, 0.4) is 0 Å². The van der Waals surface area contributed by atoms with E-state index in [9.17, 15) is 0 Å². The number of nitrogens with one attached hydrogen (secondary N) is 1. The van der Waals surface area contributed by atoms with Crippen LogP contribution in [0, 0.1) is 5.92 Å². The average molecular weight is 297 g/mol. The molecule has 0 atom stereocenters. The van der Waals surface area contributed by atoms with Crippen molar-refractivity contribution >= 4 is 11.8 Å². The predicted molar refractivity (Wildman–Crippen MR) is 89.4 cm³/mol. The number of rotatable bonds is 5. The van der Waals surface area contributed by atoms with Crippen LogP contribution in [-0.4, -0.2) is 34.5 Å². The summed E-state index contributed by atoms with van der Waals surface area (Å²) in [6, 6.07) is 12.6. The molecule has 5 heteroatoms. The third-order valence-corrected chi connectivity index (χ3v) is 4.20. The van der Waals surface area contributed by atoms with Gasteiger partial charge in [0.25, 0.3) is 0 Å². The van der Waals surface area contributed by atoms with E-state index in [-0.39, 0.29) is 0 Å². The lowest BCUT2D eigenvalue weighted by Gasteiger charge is -2.32. The standard InChI is InChI=1S/C17H23N5/c18-17-19-9-6-16(21-17)20-12-14-7-10-22(11-8-14)13-15-4-2-1-3-5-15/h1-6,9,14H,7-8,10-13H2,(H3,18,19,20,21). The van der Waals surface area contributed by atoms with E-state index in [1.54, 1.807) is 6.20 Å². The van der Waals surface area contributed by atoms with E-state index in [0.717, 1.165) is 32.0 Å². The first-order chi connectivity index (χ1) is 10.8. The van der Waals surface area contributed by atoms with Gasteiger partial charge in [0.05, 0.1) is 0 Å². The normalized spacial score (nSPS) is 16.5. The van der Waals surface area contributed by atoms with Crippen LogP contribution in [0.25, 0.3) is 0 Å². The highest BCUT2D eigenvalue weighted by Gasteiger charge is 2.19. The Labute approximate surface area is 131 Å². The van der Waals surface area contributed by atoms with Crippen LogP contribution in [-0.2, 0) is 6.54 Å². The first kappa shape index (κ1) is 14.8. The lowest BCUT2D eigenvalue weighted by molar-refractivity contribution is 0.182. The van der Waals surface area contributed by atoms with E-state index in [1.165, 1.54) is 18.4 Å². The molecule has 1 aliphatic heterocycles. The van der Waals surface area contributed by atoms with Crippen LogP contribution in [0.1, 0.15) is 18.4 Å². The zero-order chi connectivity index (χ0) is 15.2. The molecule has 1 aromatic carbocycles. The number of benzene rings is 1. The van der Waals surface area contributed by atoms with E-state index in [1.807, 2.05) is 6.07 Å². The fourth-order valence-electron chi connectivity index (χ4n) is 2.91. The Hall–Kier alpha value is -2.14. The summed E-state index contributed by atoms with van der Waals surface area (Å²) < 4.78 is 0. The van der Waals surface area contributed by atoms with Crippen molar-refractivity contribution in [1.82, 2.24) is 14.9 Å². The fourth-order valence-corrected chi connectivity index (χ4v) is 2.91. The van der Waals surface area contributed by atoms with Crippen molar-refractivity contribution in [1.29, 1.82) is 0 Å². The van der Waals surface area contributed by atoms with Gasteiger partial charge in [-0.15, -0.1) is 0 Å². The van der Waals surface area contributed by atoms with Crippen molar-refractivity contribution in [2.75, 3.05) is 30.7 Å². The second kappa shape index (κ2) is 7.22. The molecule has 0 aliphatic carbocycles. The van der Waals surface area contributed by atoms with Crippen molar-refractivity contribution in [3.8, 4) is 0 Å². The largest absolute Gasteiger partial charge is 0.370 e. The van der Waals surface area contributed by atoms with E-state index in [4.69, 9.17) is 5.73 Å². The molecule has 0 bridgehead atoms. The molecule has 22 heavy (non-hydrogen) atoms. The molecule has 0 radical (unpaired) electrons. The number of nitrogens with zero attached hydrogens (tertiary/aromatic N) is 3. The maximum atomic E-state index is 5.59. The number of hydrogen-bond donors (Lipinski definition) is 2. The minimum atomic E-state index is 0.322. The van der Waals surface area contributed by atoms with Crippen molar-refractivity contribution < 1.29 is 0 Å². The molecule has 1 aromatic heterocycles. The van der Waals surface area contributed by atoms with E-state index >= 15 is 0 Å². The Morgan fingerprint density at radius 1 is 1.14 bits per heavy atom. The van der Waals surface area contributed by atoms with Crippen LogP contribution in [0.2, 0.25) is 0 Å². The number of nitrogens with two attached hydrogens (primary N) is 1. The van der Waals surface area contributed by atoms with Crippen molar-refractivity contribution in [2.45, 2.75) is 19.4 Å². The zero-order valence-electron chi connectivity index (χ0n) is 12.8. The van der Waals surface area contributed by atoms with Gasteiger partial charge in [-0.2, -0.15) is 4.98 Å². The highest BCUT2D eigenvalue weighted by Crippen LogP contribution is 2.19. The molecular formula is C17H23N5. The molecule has 1 fully saturated rings. The summed E-state index contributed by atoms with van der Waals surface area (Å²) >= 11 is 0. The molecule has 1 aliphatic rings. The molecule has 2 aromatic rings. The number of likely N-dealkylation sites (tertiary alicyclic amines) is 1. The van der Waals surface area contributed by atoms with E-state index in [2.05, 4.69) is 50.5 Å². The molecule has 0 saturated carbocycles. The smallest absolute Gasteiger partial charge is 0.221 e. The Morgan fingerprint density at radius 3 is 2.64 bits per heavy atom. The predicted octanol–water partition coefficient (Wildman–Crippen LogP) is 2.38. The SMILES string of the molecule is Nc1nccc(NCC2CCN(Cc3ccccc3)CC2)n1. The monoisotopic (exact) mass is 297 g/mol. The number of anilines is 2. The Kier molecular flexibility index (Phi) is 4.85. The van der Waals surface area contributed by atoms with Gasteiger partial charge < -0.3 is 11.1 Å². The Bertz CT molecular complexity index is 579. The fraction of sp³-hybridized carbons (Fsp3) is 0.412. The average Bonchev–Trinajstić information content (AvgIpc) is 2.55. The summed E-state index contributed by atoms with van der Waals surface area (Å²) in [5, 5.41) is 3.37. The number of nitrogen functional groups attached to an aromatic ring is 1. The summed E-state index contributed by atoms with van der Waals surface area (Å²) in [7, 11) is 0. The first-order valence-corrected chi connectivity index (χ1v) is 7.88. The summed E-state index contributed by atoms with van der Waals surface area (Å²) in [5.74, 6) is 1.84. The highest BCUT2D eigenvalue weighted by atomic mass is 15.1. The molecule has 3 N–H and O–H groups in total. The first-order valence-electron chi connectivity index (χ1n) is 7.88. The third-order valence-electron chi connectivity index (χ3n) is 4.20. The summed E-state index contributed by atoms with van der Waals surface area (Å²) in [4.78, 5) is 10.6. The zero-order valence-corrected chi connectivity index (χ0v) is 12.8. The molecule has 0 spiro atoms. The summed E-state index contributed by atoms with van der Waals surface area (Å²) in [5.41, 5.74) is 6.99. The summed E-state index contributed by atoms with van der Waals surface area (Å²) in [6.07, 6.45) is 4.13. The summed E-state index contributed by atoms with van der Waals surface area (Å²) in [6.45, 7) is 4.33. The van der Waals surface area contributed by atoms with Gasteiger partial charge in [-0.3, -0.25) is 4.90 Å². The van der Waals surface area contributed by atoms with Crippen molar-refractivity contribution in [3.63, 3.8) is 0 Å². The van der Waals surface area contributed by atoms with Gasteiger partial charge in [0.15, 0.2) is 0 Å². The topological polar surface area (TPSA) is 67.1 Å². The van der Waals surface area contributed by atoms with E-state index < -0.39 is 0 Å². The number of aromatic nitrogens is 2. The highest BCUT2D eigenvalue weighted by molar-refractivity contribution is 5.37. The molecule has 5 nitrogen and oxygen atoms in total. The van der Waals surface area contributed by atoms with E-state index in [0.29, 0.717) is 11.9 Å². The van der Waals surface area contributed by atoms with Crippen LogP contribution in [0.4, 0.5) is 11.8 Å². The van der Waals surface area contributed by atoms with Crippen LogP contribution in [0.5, 0.6) is 0 Å². The van der Waals surface area contributed by atoms with Gasteiger partial charge >= 0.3 is 0 Å². The number of hydrogen-bond acceptors (Lipinski definition) is 5. The molecule has 116 valence electrons. The lowest BCUT2D eigenvalue weighted by atomic mass is 9.96.